The Morgan fingerprint density at radius 1 is 0.938 bits per heavy atom. The Morgan fingerprint density at radius 3 is 2.25 bits per heavy atom. The molecular formula is C24H30FN3O4. The summed E-state index contributed by atoms with van der Waals surface area (Å²) in [5.74, 6) is -1.07. The van der Waals surface area contributed by atoms with Crippen molar-refractivity contribution in [3.63, 3.8) is 0 Å². The van der Waals surface area contributed by atoms with Crippen molar-refractivity contribution in [1.29, 1.82) is 0 Å². The zero-order valence-electron chi connectivity index (χ0n) is 18.6. The number of halogens is 1. The predicted octanol–water partition coefficient (Wildman–Crippen LogP) is 2.74. The average molecular weight is 444 g/mol. The normalized spacial score (nSPS) is 11.9. The highest BCUT2D eigenvalue weighted by Gasteiger charge is 2.24. The minimum absolute atomic E-state index is 0.0442. The van der Waals surface area contributed by atoms with Crippen LogP contribution in [0.1, 0.15) is 31.9 Å². The highest BCUT2D eigenvalue weighted by atomic mass is 19.1. The Bertz CT molecular complexity index is 913. The van der Waals surface area contributed by atoms with Crippen LogP contribution in [0.15, 0.2) is 54.6 Å². The number of hydrogen-bond acceptors (Lipinski definition) is 4. The molecule has 0 saturated heterocycles. The summed E-state index contributed by atoms with van der Waals surface area (Å²) in [4.78, 5) is 36.9. The molecular weight excluding hydrogens is 413 g/mol. The summed E-state index contributed by atoms with van der Waals surface area (Å²) in [5.41, 5.74) is 0.757. The van der Waals surface area contributed by atoms with Crippen LogP contribution in [0.3, 0.4) is 0 Å². The number of nitrogens with one attached hydrogen (secondary N) is 3. The van der Waals surface area contributed by atoms with Crippen LogP contribution in [0.5, 0.6) is 0 Å². The highest BCUT2D eigenvalue weighted by Crippen LogP contribution is 2.09. The van der Waals surface area contributed by atoms with Gasteiger partial charge in [0.05, 0.1) is 6.42 Å². The summed E-state index contributed by atoms with van der Waals surface area (Å²) in [7, 11) is 0. The van der Waals surface area contributed by atoms with E-state index in [-0.39, 0.29) is 37.7 Å². The van der Waals surface area contributed by atoms with Crippen LogP contribution in [0, 0.1) is 5.82 Å². The van der Waals surface area contributed by atoms with Crippen molar-refractivity contribution < 1.29 is 23.5 Å². The van der Waals surface area contributed by atoms with Gasteiger partial charge >= 0.3 is 6.09 Å². The third-order valence-corrected chi connectivity index (χ3v) is 4.29. The predicted molar refractivity (Wildman–Crippen MR) is 119 cm³/mol. The van der Waals surface area contributed by atoms with E-state index >= 15 is 0 Å². The number of amides is 3. The maximum absolute atomic E-state index is 13.2. The molecule has 1 unspecified atom stereocenters. The van der Waals surface area contributed by atoms with Crippen LogP contribution in [-0.2, 0) is 27.2 Å². The van der Waals surface area contributed by atoms with Crippen LogP contribution in [0.25, 0.3) is 0 Å². The molecule has 0 aliphatic rings. The molecule has 2 aromatic carbocycles. The first kappa shape index (κ1) is 24.8. The van der Waals surface area contributed by atoms with E-state index in [1.54, 1.807) is 32.9 Å². The molecule has 0 radical (unpaired) electrons. The largest absolute Gasteiger partial charge is 0.444 e. The SMILES string of the molecule is CC(C)(C)OC(=O)NC(Cc1ccccc1)C(=O)NCCNC(=O)Cc1cccc(F)c1. The molecule has 172 valence electrons. The van der Waals surface area contributed by atoms with E-state index in [4.69, 9.17) is 4.74 Å². The van der Waals surface area contributed by atoms with Gasteiger partial charge in [-0.05, 0) is 44.0 Å². The molecule has 2 aromatic rings. The Balaban J connectivity index is 1.85. The number of alkyl carbamates (subject to hydrolysis) is 1. The quantitative estimate of drug-likeness (QED) is 0.519. The summed E-state index contributed by atoms with van der Waals surface area (Å²) >= 11 is 0. The molecule has 8 heteroatoms. The Kier molecular flexibility index (Phi) is 9.19. The number of rotatable bonds is 9. The van der Waals surface area contributed by atoms with Crippen LogP contribution < -0.4 is 16.0 Å². The minimum Gasteiger partial charge on any atom is -0.444 e. The third kappa shape index (κ3) is 9.59. The summed E-state index contributed by atoms with van der Waals surface area (Å²) in [6.07, 6.45) is -0.350. The number of hydrogen-bond donors (Lipinski definition) is 3. The minimum atomic E-state index is -0.838. The lowest BCUT2D eigenvalue weighted by atomic mass is 10.1. The van der Waals surface area contributed by atoms with Crippen molar-refractivity contribution in [1.82, 2.24) is 16.0 Å². The van der Waals surface area contributed by atoms with Gasteiger partial charge in [-0.3, -0.25) is 9.59 Å². The second-order valence-electron chi connectivity index (χ2n) is 8.34. The topological polar surface area (TPSA) is 96.5 Å². The maximum Gasteiger partial charge on any atom is 0.408 e. The molecule has 0 spiro atoms. The second-order valence-corrected chi connectivity index (χ2v) is 8.34. The van der Waals surface area contributed by atoms with Crippen molar-refractivity contribution in [3.05, 3.63) is 71.5 Å². The molecule has 3 N–H and O–H groups in total. The van der Waals surface area contributed by atoms with E-state index in [9.17, 15) is 18.8 Å². The zero-order chi connectivity index (χ0) is 23.6. The second kappa shape index (κ2) is 11.8. The summed E-state index contributed by atoms with van der Waals surface area (Å²) in [6, 6.07) is 14.3. The lowest BCUT2D eigenvalue weighted by Crippen LogP contribution is -2.50. The van der Waals surface area contributed by atoms with Crippen molar-refractivity contribution in [2.24, 2.45) is 0 Å². The van der Waals surface area contributed by atoms with Gasteiger partial charge in [0.25, 0.3) is 0 Å². The molecule has 0 aliphatic carbocycles. The standard InChI is InChI=1S/C24H30FN3O4/c1-24(2,3)32-23(31)28-20(15-17-8-5-4-6-9-17)22(30)27-13-12-26-21(29)16-18-10-7-11-19(25)14-18/h4-11,14,20H,12-13,15-16H2,1-3H3,(H,26,29)(H,27,30)(H,28,31). The van der Waals surface area contributed by atoms with Gasteiger partial charge in [0.1, 0.15) is 17.5 Å². The van der Waals surface area contributed by atoms with E-state index < -0.39 is 23.6 Å². The fraction of sp³-hybridized carbons (Fsp3) is 0.375. The van der Waals surface area contributed by atoms with E-state index in [2.05, 4.69) is 16.0 Å². The lowest BCUT2D eigenvalue weighted by molar-refractivity contribution is -0.124. The first-order chi connectivity index (χ1) is 15.1. The maximum atomic E-state index is 13.2. The van der Waals surface area contributed by atoms with Crippen molar-refractivity contribution >= 4 is 17.9 Å². The van der Waals surface area contributed by atoms with Crippen LogP contribution in [0.4, 0.5) is 9.18 Å². The number of benzene rings is 2. The van der Waals surface area contributed by atoms with Crippen molar-refractivity contribution in [3.8, 4) is 0 Å². The summed E-state index contributed by atoms with van der Waals surface area (Å²) in [5, 5.41) is 8.01. The zero-order valence-corrected chi connectivity index (χ0v) is 18.6. The van der Waals surface area contributed by atoms with Gasteiger partial charge in [0.15, 0.2) is 0 Å². The monoisotopic (exact) mass is 443 g/mol. The molecule has 2 rings (SSSR count). The first-order valence-corrected chi connectivity index (χ1v) is 10.4. The Morgan fingerprint density at radius 2 is 1.59 bits per heavy atom. The molecule has 0 heterocycles. The van der Waals surface area contributed by atoms with Gasteiger partial charge < -0.3 is 20.7 Å². The van der Waals surface area contributed by atoms with Crippen LogP contribution in [0.2, 0.25) is 0 Å². The van der Waals surface area contributed by atoms with Gasteiger partial charge in [-0.1, -0.05) is 42.5 Å². The molecule has 7 nitrogen and oxygen atoms in total. The third-order valence-electron chi connectivity index (χ3n) is 4.29. The summed E-state index contributed by atoms with van der Waals surface area (Å²) in [6.45, 7) is 5.60. The fourth-order valence-corrected chi connectivity index (χ4v) is 2.91. The number of carbonyl (C=O) groups is 3. The molecule has 0 saturated carbocycles. The van der Waals surface area contributed by atoms with Crippen molar-refractivity contribution in [2.75, 3.05) is 13.1 Å². The smallest absolute Gasteiger partial charge is 0.408 e. The molecule has 0 fully saturated rings. The van der Waals surface area contributed by atoms with Gasteiger partial charge in [-0.2, -0.15) is 0 Å². The summed E-state index contributed by atoms with van der Waals surface area (Å²) < 4.78 is 18.5. The Hall–Kier alpha value is -3.42. The molecule has 32 heavy (non-hydrogen) atoms. The van der Waals surface area contributed by atoms with Gasteiger partial charge in [0, 0.05) is 19.5 Å². The van der Waals surface area contributed by atoms with Gasteiger partial charge in [-0.25, -0.2) is 9.18 Å². The first-order valence-electron chi connectivity index (χ1n) is 10.4. The lowest BCUT2D eigenvalue weighted by Gasteiger charge is -2.23. The Labute approximate surface area is 187 Å². The molecule has 0 bridgehead atoms. The molecule has 1 atom stereocenters. The fourth-order valence-electron chi connectivity index (χ4n) is 2.91. The van der Waals surface area contributed by atoms with Crippen LogP contribution >= 0.6 is 0 Å². The van der Waals surface area contributed by atoms with Gasteiger partial charge in [0.2, 0.25) is 11.8 Å². The molecule has 0 aromatic heterocycles. The van der Waals surface area contributed by atoms with E-state index in [1.165, 1.54) is 12.1 Å². The van der Waals surface area contributed by atoms with Crippen molar-refractivity contribution in [2.45, 2.75) is 45.3 Å². The average Bonchev–Trinajstić information content (AvgIpc) is 2.70. The van der Waals surface area contributed by atoms with E-state index in [1.807, 2.05) is 30.3 Å². The van der Waals surface area contributed by atoms with Crippen LogP contribution in [-0.4, -0.2) is 42.6 Å². The van der Waals surface area contributed by atoms with E-state index in [0.717, 1.165) is 5.56 Å². The molecule has 3 amide bonds. The highest BCUT2D eigenvalue weighted by molar-refractivity contribution is 5.86. The number of carbonyl (C=O) groups excluding carboxylic acids is 3. The number of ether oxygens (including phenoxy) is 1. The van der Waals surface area contributed by atoms with Gasteiger partial charge in [-0.15, -0.1) is 0 Å². The molecule has 0 aliphatic heterocycles. The van der Waals surface area contributed by atoms with E-state index in [0.29, 0.717) is 5.56 Å².